The van der Waals surface area contributed by atoms with Crippen molar-refractivity contribution in [1.82, 2.24) is 9.97 Å². The fraction of sp³-hybridized carbons (Fsp3) is 0. The topological polar surface area (TPSA) is 66.0 Å². The summed E-state index contributed by atoms with van der Waals surface area (Å²) in [7, 11) is 0. The monoisotopic (exact) mass is 274 g/mol. The van der Waals surface area contributed by atoms with Crippen molar-refractivity contribution in [3.8, 4) is 11.4 Å². The molecule has 0 aliphatic rings. The first-order valence-electron chi connectivity index (χ1n) is 5.73. The molecule has 0 aliphatic carbocycles. The number of nitrogens with one attached hydrogen (secondary N) is 1. The summed E-state index contributed by atoms with van der Waals surface area (Å²) < 4.78 is 26.7. The number of fused-ring (bicyclic) bond motifs is 1. The second-order valence-electron chi connectivity index (χ2n) is 4.26. The molecule has 0 atom stereocenters. The smallest absolute Gasteiger partial charge is 0.335 e. The van der Waals surface area contributed by atoms with E-state index >= 15 is 0 Å². The number of carboxylic acid groups (broad SMARTS) is 1. The number of carbonyl (C=O) groups is 1. The van der Waals surface area contributed by atoms with E-state index in [1.165, 1.54) is 12.1 Å². The lowest BCUT2D eigenvalue weighted by Crippen LogP contribution is -1.95. The van der Waals surface area contributed by atoms with Crippen molar-refractivity contribution in [2.75, 3.05) is 0 Å². The zero-order valence-electron chi connectivity index (χ0n) is 10.0. The highest BCUT2D eigenvalue weighted by Crippen LogP contribution is 2.23. The second-order valence-corrected chi connectivity index (χ2v) is 4.26. The maximum Gasteiger partial charge on any atom is 0.335 e. The molecule has 0 saturated carbocycles. The van der Waals surface area contributed by atoms with Gasteiger partial charge in [0.15, 0.2) is 5.82 Å². The van der Waals surface area contributed by atoms with Crippen LogP contribution in [0.3, 0.4) is 0 Å². The molecule has 0 bridgehead atoms. The van der Waals surface area contributed by atoms with Gasteiger partial charge in [0.05, 0.1) is 11.1 Å². The van der Waals surface area contributed by atoms with Crippen LogP contribution in [-0.4, -0.2) is 21.0 Å². The molecule has 0 amide bonds. The molecule has 1 aromatic heterocycles. The van der Waals surface area contributed by atoms with Crippen LogP contribution >= 0.6 is 0 Å². The minimum Gasteiger partial charge on any atom is -0.478 e. The molecule has 3 rings (SSSR count). The molecule has 100 valence electrons. The van der Waals surface area contributed by atoms with E-state index in [0.29, 0.717) is 5.56 Å². The van der Waals surface area contributed by atoms with E-state index in [1.807, 2.05) is 0 Å². The van der Waals surface area contributed by atoms with Gasteiger partial charge in [-0.25, -0.2) is 18.6 Å². The van der Waals surface area contributed by atoms with Gasteiger partial charge in [-0.3, -0.25) is 0 Å². The third-order valence-corrected chi connectivity index (χ3v) is 2.89. The summed E-state index contributed by atoms with van der Waals surface area (Å²) in [6.07, 6.45) is 0. The van der Waals surface area contributed by atoms with Gasteiger partial charge in [-0.1, -0.05) is 12.1 Å². The predicted octanol–water partition coefficient (Wildman–Crippen LogP) is 3.21. The molecule has 1 heterocycles. The maximum atomic E-state index is 13.6. The van der Waals surface area contributed by atoms with Gasteiger partial charge >= 0.3 is 5.97 Å². The van der Waals surface area contributed by atoms with E-state index < -0.39 is 17.6 Å². The highest BCUT2D eigenvalue weighted by molar-refractivity contribution is 5.89. The molecule has 0 spiro atoms. The van der Waals surface area contributed by atoms with Crippen LogP contribution in [0.5, 0.6) is 0 Å². The number of nitrogens with zero attached hydrogens (tertiary/aromatic N) is 1. The summed E-state index contributed by atoms with van der Waals surface area (Å²) in [5.74, 6) is -2.26. The zero-order valence-corrected chi connectivity index (χ0v) is 10.0. The van der Waals surface area contributed by atoms with E-state index in [0.717, 1.165) is 12.1 Å². The van der Waals surface area contributed by atoms with E-state index in [-0.39, 0.29) is 22.4 Å². The first kappa shape index (κ1) is 12.3. The first-order valence-corrected chi connectivity index (χ1v) is 5.73. The average molecular weight is 274 g/mol. The Morgan fingerprint density at radius 1 is 1.20 bits per heavy atom. The fourth-order valence-corrected chi connectivity index (χ4v) is 1.98. The molecule has 0 aliphatic heterocycles. The van der Waals surface area contributed by atoms with Crippen LogP contribution in [0.25, 0.3) is 22.4 Å². The summed E-state index contributed by atoms with van der Waals surface area (Å²) >= 11 is 0. The Kier molecular flexibility index (Phi) is 2.71. The van der Waals surface area contributed by atoms with Crippen LogP contribution in [0, 0.1) is 11.6 Å². The first-order chi connectivity index (χ1) is 9.54. The Labute approximate surface area is 111 Å². The molecule has 0 fully saturated rings. The summed E-state index contributed by atoms with van der Waals surface area (Å²) in [6, 6.07) is 7.93. The maximum absolute atomic E-state index is 13.6. The number of halogens is 2. The van der Waals surface area contributed by atoms with Crippen molar-refractivity contribution in [3.63, 3.8) is 0 Å². The van der Waals surface area contributed by atoms with Crippen LogP contribution in [0.4, 0.5) is 8.78 Å². The lowest BCUT2D eigenvalue weighted by molar-refractivity contribution is 0.0697. The number of rotatable bonds is 2. The van der Waals surface area contributed by atoms with Gasteiger partial charge < -0.3 is 10.1 Å². The number of imidazole rings is 1. The lowest BCUT2D eigenvalue weighted by atomic mass is 10.1. The van der Waals surface area contributed by atoms with E-state index in [4.69, 9.17) is 5.11 Å². The van der Waals surface area contributed by atoms with E-state index in [1.54, 1.807) is 12.1 Å². The third-order valence-electron chi connectivity index (χ3n) is 2.89. The van der Waals surface area contributed by atoms with Crippen LogP contribution in [0.1, 0.15) is 10.4 Å². The van der Waals surface area contributed by atoms with Crippen LogP contribution < -0.4 is 0 Å². The van der Waals surface area contributed by atoms with E-state index in [9.17, 15) is 13.6 Å². The summed E-state index contributed by atoms with van der Waals surface area (Å²) in [5, 5.41) is 8.94. The van der Waals surface area contributed by atoms with Gasteiger partial charge in [-0.2, -0.15) is 0 Å². The van der Waals surface area contributed by atoms with Crippen molar-refractivity contribution in [3.05, 3.63) is 53.6 Å². The van der Waals surface area contributed by atoms with Gasteiger partial charge in [-0.05, 0) is 18.2 Å². The molecule has 3 aromatic rings. The molecule has 4 nitrogen and oxygen atoms in total. The Balaban J connectivity index is 2.17. The molecule has 2 N–H and O–H groups in total. The molecule has 2 aromatic carbocycles. The molecule has 20 heavy (non-hydrogen) atoms. The Morgan fingerprint density at radius 3 is 2.75 bits per heavy atom. The second kappa shape index (κ2) is 4.41. The van der Waals surface area contributed by atoms with Gasteiger partial charge in [0.1, 0.15) is 17.2 Å². The number of hydrogen-bond donors (Lipinski definition) is 2. The van der Waals surface area contributed by atoms with Crippen LogP contribution in [0.2, 0.25) is 0 Å². The molecule has 0 saturated heterocycles. The number of aromatic nitrogens is 2. The predicted molar refractivity (Wildman–Crippen MR) is 68.4 cm³/mol. The molecule has 6 heteroatoms. The van der Waals surface area contributed by atoms with Gasteiger partial charge in [-0.15, -0.1) is 0 Å². The minimum absolute atomic E-state index is 0.0159. The number of H-pyrrole nitrogens is 1. The normalized spacial score (nSPS) is 10.9. The standard InChI is InChI=1S/C14H8F2N2O2/c15-9-5-10(16)12-11(6-9)17-13(18-12)7-2-1-3-8(4-7)14(19)20/h1-6H,(H,17,18)(H,19,20). The highest BCUT2D eigenvalue weighted by Gasteiger charge is 2.12. The van der Waals surface area contributed by atoms with Crippen molar-refractivity contribution >= 4 is 17.0 Å². The summed E-state index contributed by atoms with van der Waals surface area (Å²) in [4.78, 5) is 17.7. The highest BCUT2D eigenvalue weighted by atomic mass is 19.1. The largest absolute Gasteiger partial charge is 0.478 e. The molecular formula is C14H8F2N2O2. The van der Waals surface area contributed by atoms with Crippen molar-refractivity contribution in [2.24, 2.45) is 0 Å². The van der Waals surface area contributed by atoms with Crippen molar-refractivity contribution in [2.45, 2.75) is 0 Å². The zero-order chi connectivity index (χ0) is 14.3. The average Bonchev–Trinajstić information content (AvgIpc) is 2.83. The molecular weight excluding hydrogens is 266 g/mol. The quantitative estimate of drug-likeness (QED) is 0.754. The number of aromatic carboxylic acids is 1. The van der Waals surface area contributed by atoms with Gasteiger partial charge in [0, 0.05) is 11.6 Å². The van der Waals surface area contributed by atoms with E-state index in [2.05, 4.69) is 9.97 Å². The molecule has 0 unspecified atom stereocenters. The third kappa shape index (κ3) is 2.01. The fourth-order valence-electron chi connectivity index (χ4n) is 1.98. The number of hydrogen-bond acceptors (Lipinski definition) is 2. The van der Waals surface area contributed by atoms with Crippen LogP contribution in [0.15, 0.2) is 36.4 Å². The summed E-state index contributed by atoms with van der Waals surface area (Å²) in [5.41, 5.74) is 0.816. The van der Waals surface area contributed by atoms with Crippen LogP contribution in [-0.2, 0) is 0 Å². The summed E-state index contributed by atoms with van der Waals surface area (Å²) in [6.45, 7) is 0. The Hall–Kier alpha value is -2.76. The Morgan fingerprint density at radius 2 is 2.00 bits per heavy atom. The number of benzene rings is 2. The van der Waals surface area contributed by atoms with Gasteiger partial charge in [0.25, 0.3) is 0 Å². The number of carboxylic acids is 1. The van der Waals surface area contributed by atoms with Crippen molar-refractivity contribution < 1.29 is 18.7 Å². The lowest BCUT2D eigenvalue weighted by Gasteiger charge is -1.98. The van der Waals surface area contributed by atoms with Crippen molar-refractivity contribution in [1.29, 1.82) is 0 Å². The SMILES string of the molecule is O=C(O)c1cccc(-c2nc3c(F)cc(F)cc3[nH]2)c1. The molecule has 0 radical (unpaired) electrons. The number of aromatic amines is 1. The minimum atomic E-state index is -1.07. The Bertz CT molecular complexity index is 827. The van der Waals surface area contributed by atoms with Gasteiger partial charge in [0.2, 0.25) is 0 Å².